The summed E-state index contributed by atoms with van der Waals surface area (Å²) in [5, 5.41) is 9.77. The van der Waals surface area contributed by atoms with Crippen molar-refractivity contribution in [2.24, 2.45) is 5.92 Å². The van der Waals surface area contributed by atoms with Crippen LogP contribution in [-0.4, -0.2) is 30.1 Å². The summed E-state index contributed by atoms with van der Waals surface area (Å²) in [5.41, 5.74) is 0. The van der Waals surface area contributed by atoms with E-state index in [0.29, 0.717) is 5.92 Å². The molecule has 0 heterocycles. The van der Waals surface area contributed by atoms with Gasteiger partial charge in [0.05, 0.1) is 0 Å². The molecule has 1 atom stereocenters. The SMILES string of the molecule is CC(CO)[CH2][Sn]([c]1ccccc1)([c]1ccccc1)[c]1ccccc1. The van der Waals surface area contributed by atoms with Gasteiger partial charge in [-0.1, -0.05) is 0 Å². The van der Waals surface area contributed by atoms with Crippen molar-refractivity contribution in [2.75, 3.05) is 6.61 Å². The van der Waals surface area contributed by atoms with Crippen molar-refractivity contribution in [3.05, 3.63) is 91.0 Å². The molecule has 0 saturated carbocycles. The zero-order valence-electron chi connectivity index (χ0n) is 14.1. The molecular weight excluding hydrogens is 399 g/mol. The fourth-order valence-electron chi connectivity index (χ4n) is 3.61. The molecule has 1 unspecified atom stereocenters. The fourth-order valence-corrected chi connectivity index (χ4v) is 18.4. The molecular formula is C22H24OSn. The molecule has 0 aliphatic carbocycles. The Hall–Kier alpha value is -1.58. The van der Waals surface area contributed by atoms with E-state index in [1.165, 1.54) is 10.7 Å². The molecule has 0 saturated heterocycles. The fraction of sp³-hybridized carbons (Fsp3) is 0.182. The van der Waals surface area contributed by atoms with Gasteiger partial charge in [-0.15, -0.1) is 0 Å². The van der Waals surface area contributed by atoms with Crippen molar-refractivity contribution in [3.63, 3.8) is 0 Å². The van der Waals surface area contributed by atoms with Crippen LogP contribution in [0.15, 0.2) is 91.0 Å². The van der Waals surface area contributed by atoms with Gasteiger partial charge >= 0.3 is 149 Å². The summed E-state index contributed by atoms with van der Waals surface area (Å²) < 4.78 is 5.50. The Kier molecular flexibility index (Phi) is 5.75. The Morgan fingerprint density at radius 2 is 1.00 bits per heavy atom. The van der Waals surface area contributed by atoms with E-state index < -0.39 is 18.4 Å². The van der Waals surface area contributed by atoms with Crippen molar-refractivity contribution < 1.29 is 5.11 Å². The Morgan fingerprint density at radius 3 is 1.29 bits per heavy atom. The van der Waals surface area contributed by atoms with E-state index in [2.05, 4.69) is 97.9 Å². The van der Waals surface area contributed by atoms with Gasteiger partial charge in [0, 0.05) is 0 Å². The first-order valence-electron chi connectivity index (χ1n) is 8.55. The summed E-state index contributed by atoms with van der Waals surface area (Å²) in [7, 11) is 0. The Balaban J connectivity index is 2.28. The van der Waals surface area contributed by atoms with Crippen LogP contribution in [0.2, 0.25) is 4.44 Å². The number of benzene rings is 3. The van der Waals surface area contributed by atoms with Crippen molar-refractivity contribution in [2.45, 2.75) is 11.4 Å². The van der Waals surface area contributed by atoms with E-state index in [1.54, 1.807) is 0 Å². The summed E-state index contributed by atoms with van der Waals surface area (Å²) >= 11 is -3.15. The maximum absolute atomic E-state index is 9.77. The van der Waals surface area contributed by atoms with Crippen LogP contribution in [0.25, 0.3) is 0 Å². The average molecular weight is 423 g/mol. The molecule has 3 aromatic rings. The van der Waals surface area contributed by atoms with Crippen LogP contribution in [0.3, 0.4) is 0 Å². The first-order valence-corrected chi connectivity index (χ1v) is 14.8. The van der Waals surface area contributed by atoms with Gasteiger partial charge in [0.25, 0.3) is 0 Å². The summed E-state index contributed by atoms with van der Waals surface area (Å²) in [6.45, 7) is 2.41. The Labute approximate surface area is 148 Å². The molecule has 1 N–H and O–H groups in total. The molecule has 0 amide bonds. The van der Waals surface area contributed by atoms with E-state index in [4.69, 9.17) is 0 Å². The maximum atomic E-state index is 9.77. The minimum atomic E-state index is -3.15. The molecule has 0 aliphatic heterocycles. The number of rotatable bonds is 6. The third kappa shape index (κ3) is 3.42. The molecule has 24 heavy (non-hydrogen) atoms. The van der Waals surface area contributed by atoms with Gasteiger partial charge in [-0.3, -0.25) is 0 Å². The molecule has 122 valence electrons. The Bertz CT molecular complexity index is 644. The molecule has 1 nitrogen and oxygen atoms in total. The minimum absolute atomic E-state index is 0.241. The van der Waals surface area contributed by atoms with E-state index in [0.717, 1.165) is 4.44 Å². The predicted molar refractivity (Wildman–Crippen MR) is 105 cm³/mol. The first-order chi connectivity index (χ1) is 11.8. The third-order valence-electron chi connectivity index (χ3n) is 4.77. The van der Waals surface area contributed by atoms with Crippen LogP contribution in [0, 0.1) is 5.92 Å². The molecule has 0 fully saturated rings. The van der Waals surface area contributed by atoms with Crippen molar-refractivity contribution in [1.82, 2.24) is 0 Å². The van der Waals surface area contributed by atoms with E-state index >= 15 is 0 Å². The molecule has 2 heteroatoms. The molecule has 0 bridgehead atoms. The molecule has 0 aliphatic rings. The zero-order valence-corrected chi connectivity index (χ0v) is 17.0. The Morgan fingerprint density at radius 1 is 0.667 bits per heavy atom. The molecule has 3 rings (SSSR count). The van der Waals surface area contributed by atoms with Gasteiger partial charge < -0.3 is 0 Å². The van der Waals surface area contributed by atoms with Crippen LogP contribution in [-0.2, 0) is 0 Å². The number of hydrogen-bond acceptors (Lipinski definition) is 1. The van der Waals surface area contributed by atoms with E-state index in [9.17, 15) is 5.11 Å². The second-order valence-electron chi connectivity index (χ2n) is 6.50. The summed E-state index contributed by atoms with van der Waals surface area (Å²) in [6.07, 6.45) is 0. The van der Waals surface area contributed by atoms with E-state index in [1.807, 2.05) is 0 Å². The van der Waals surface area contributed by atoms with Crippen molar-refractivity contribution in [3.8, 4) is 0 Å². The molecule has 0 spiro atoms. The van der Waals surface area contributed by atoms with Crippen LogP contribution < -0.4 is 10.7 Å². The second kappa shape index (κ2) is 8.00. The second-order valence-corrected chi connectivity index (χ2v) is 17.8. The van der Waals surface area contributed by atoms with Crippen molar-refractivity contribution in [1.29, 1.82) is 0 Å². The molecule has 3 aromatic carbocycles. The predicted octanol–water partition coefficient (Wildman–Crippen LogP) is 2.79. The summed E-state index contributed by atoms with van der Waals surface area (Å²) in [4.78, 5) is 0. The first kappa shape index (κ1) is 17.2. The van der Waals surface area contributed by atoms with Crippen LogP contribution in [0.1, 0.15) is 6.92 Å². The number of hydrogen-bond donors (Lipinski definition) is 1. The van der Waals surface area contributed by atoms with Gasteiger partial charge in [0.1, 0.15) is 0 Å². The third-order valence-corrected chi connectivity index (χ3v) is 19.8. The molecule has 0 aromatic heterocycles. The standard InChI is InChI=1S/3C6H5.C4H9O.Sn/c3*1-2-4-6-5-3-1;1-4(2)3-5;/h3*1-5H;4-5H,1,3H2,2H3;. The summed E-state index contributed by atoms with van der Waals surface area (Å²) in [5.74, 6) is 0.293. The zero-order chi connectivity index (χ0) is 16.8. The van der Waals surface area contributed by atoms with Crippen LogP contribution in [0.5, 0.6) is 0 Å². The quantitative estimate of drug-likeness (QED) is 0.605. The topological polar surface area (TPSA) is 20.2 Å². The van der Waals surface area contributed by atoms with Gasteiger partial charge in [-0.05, 0) is 0 Å². The monoisotopic (exact) mass is 424 g/mol. The number of aliphatic hydroxyl groups is 1. The number of aliphatic hydroxyl groups excluding tert-OH is 1. The van der Waals surface area contributed by atoms with Crippen LogP contribution in [0.4, 0.5) is 0 Å². The normalized spacial score (nSPS) is 12.8. The van der Waals surface area contributed by atoms with Crippen LogP contribution >= 0.6 is 0 Å². The molecule has 0 radical (unpaired) electrons. The van der Waals surface area contributed by atoms with Gasteiger partial charge in [-0.2, -0.15) is 0 Å². The van der Waals surface area contributed by atoms with E-state index in [-0.39, 0.29) is 6.61 Å². The van der Waals surface area contributed by atoms with Gasteiger partial charge in [0.15, 0.2) is 0 Å². The van der Waals surface area contributed by atoms with Gasteiger partial charge in [-0.25, -0.2) is 0 Å². The average Bonchev–Trinajstić information content (AvgIpc) is 2.68. The summed E-state index contributed by atoms with van der Waals surface area (Å²) in [6, 6.07) is 32.9. The van der Waals surface area contributed by atoms with Gasteiger partial charge in [0.2, 0.25) is 0 Å². The van der Waals surface area contributed by atoms with Crippen molar-refractivity contribution >= 4 is 29.1 Å².